The molecular formula is C16H23N. The molecule has 0 saturated heterocycles. The predicted molar refractivity (Wildman–Crippen MR) is 72.2 cm³/mol. The van der Waals surface area contributed by atoms with Gasteiger partial charge in [-0.2, -0.15) is 0 Å². The summed E-state index contributed by atoms with van der Waals surface area (Å²) in [6.07, 6.45) is 9.64. The zero-order valence-electron chi connectivity index (χ0n) is 10.6. The van der Waals surface area contributed by atoms with Crippen LogP contribution in [0.15, 0.2) is 24.3 Å². The van der Waals surface area contributed by atoms with Crippen LogP contribution < -0.4 is 5.32 Å². The molecule has 1 fully saturated rings. The van der Waals surface area contributed by atoms with Crippen molar-refractivity contribution in [2.24, 2.45) is 5.92 Å². The Morgan fingerprint density at radius 2 is 1.88 bits per heavy atom. The molecular weight excluding hydrogens is 206 g/mol. The van der Waals surface area contributed by atoms with Gasteiger partial charge in [-0.15, -0.1) is 0 Å². The molecule has 2 aliphatic rings. The number of benzene rings is 1. The fraction of sp³-hybridized carbons (Fsp3) is 0.625. The molecule has 92 valence electrons. The molecule has 1 aromatic rings. The monoisotopic (exact) mass is 229 g/mol. The highest BCUT2D eigenvalue weighted by Gasteiger charge is 2.21. The molecule has 1 nitrogen and oxygen atoms in total. The molecule has 1 unspecified atom stereocenters. The molecule has 0 amide bonds. The number of hydrogen-bond donors (Lipinski definition) is 1. The van der Waals surface area contributed by atoms with E-state index in [1.807, 2.05) is 0 Å². The minimum absolute atomic E-state index is 0.726. The van der Waals surface area contributed by atoms with Gasteiger partial charge in [-0.3, -0.25) is 0 Å². The van der Waals surface area contributed by atoms with Gasteiger partial charge in [0.25, 0.3) is 0 Å². The van der Waals surface area contributed by atoms with Crippen molar-refractivity contribution in [1.29, 1.82) is 0 Å². The minimum Gasteiger partial charge on any atom is -0.314 e. The van der Waals surface area contributed by atoms with Gasteiger partial charge in [0.2, 0.25) is 0 Å². The highest BCUT2D eigenvalue weighted by atomic mass is 14.9. The first-order chi connectivity index (χ1) is 8.42. The smallest absolute Gasteiger partial charge is 0.0111 e. The molecule has 1 N–H and O–H groups in total. The minimum atomic E-state index is 0.726. The summed E-state index contributed by atoms with van der Waals surface area (Å²) < 4.78 is 0. The summed E-state index contributed by atoms with van der Waals surface area (Å²) in [6, 6.07) is 9.66. The van der Waals surface area contributed by atoms with Gasteiger partial charge in [0.15, 0.2) is 0 Å². The van der Waals surface area contributed by atoms with E-state index >= 15 is 0 Å². The summed E-state index contributed by atoms with van der Waals surface area (Å²) in [5.74, 6) is 1.09. The third kappa shape index (κ3) is 3.10. The van der Waals surface area contributed by atoms with E-state index in [9.17, 15) is 0 Å². The lowest BCUT2D eigenvalue weighted by Gasteiger charge is -2.25. The second-order valence-electron chi connectivity index (χ2n) is 5.75. The molecule has 17 heavy (non-hydrogen) atoms. The van der Waals surface area contributed by atoms with E-state index in [1.54, 1.807) is 11.1 Å². The van der Waals surface area contributed by atoms with Gasteiger partial charge in [-0.05, 0) is 55.7 Å². The number of nitrogens with one attached hydrogen (secondary N) is 1. The van der Waals surface area contributed by atoms with E-state index in [1.165, 1.54) is 51.5 Å². The van der Waals surface area contributed by atoms with Crippen LogP contribution in [0.3, 0.4) is 0 Å². The van der Waals surface area contributed by atoms with Crippen LogP contribution in [-0.2, 0) is 12.8 Å². The zero-order chi connectivity index (χ0) is 11.5. The van der Waals surface area contributed by atoms with Crippen molar-refractivity contribution in [2.45, 2.75) is 51.0 Å². The first kappa shape index (κ1) is 11.3. The quantitative estimate of drug-likeness (QED) is 0.764. The molecule has 0 radical (unpaired) electrons. The van der Waals surface area contributed by atoms with E-state index in [0.29, 0.717) is 0 Å². The Morgan fingerprint density at radius 3 is 2.71 bits per heavy atom. The van der Waals surface area contributed by atoms with Crippen molar-refractivity contribution in [3.8, 4) is 0 Å². The Morgan fingerprint density at radius 1 is 1.06 bits per heavy atom. The maximum absolute atomic E-state index is 3.75. The molecule has 0 heterocycles. The summed E-state index contributed by atoms with van der Waals surface area (Å²) >= 11 is 0. The van der Waals surface area contributed by atoms with Gasteiger partial charge >= 0.3 is 0 Å². The molecule has 0 aliphatic heterocycles. The van der Waals surface area contributed by atoms with E-state index in [-0.39, 0.29) is 0 Å². The van der Waals surface area contributed by atoms with Crippen molar-refractivity contribution in [1.82, 2.24) is 5.32 Å². The van der Waals surface area contributed by atoms with E-state index < -0.39 is 0 Å². The first-order valence-corrected chi connectivity index (χ1v) is 7.22. The molecule has 3 rings (SSSR count). The lowest BCUT2D eigenvalue weighted by Crippen LogP contribution is -2.35. The third-order valence-corrected chi connectivity index (χ3v) is 4.27. The van der Waals surface area contributed by atoms with Crippen molar-refractivity contribution in [3.05, 3.63) is 35.4 Å². The topological polar surface area (TPSA) is 12.0 Å². The fourth-order valence-corrected chi connectivity index (χ4v) is 2.98. The van der Waals surface area contributed by atoms with Gasteiger partial charge in [-0.1, -0.05) is 37.1 Å². The van der Waals surface area contributed by atoms with Crippen LogP contribution in [0.4, 0.5) is 0 Å². The standard InChI is InChI=1S/C16H23N/c1-2-6-15-12-16(10-9-14(15)5-1)17-11-3-4-13-7-8-13/h1-2,5-6,13,16-17H,3-4,7-12H2. The summed E-state index contributed by atoms with van der Waals surface area (Å²) in [5, 5.41) is 3.75. The van der Waals surface area contributed by atoms with Crippen molar-refractivity contribution in [3.63, 3.8) is 0 Å². The lowest BCUT2D eigenvalue weighted by molar-refractivity contribution is 0.447. The summed E-state index contributed by atoms with van der Waals surface area (Å²) in [4.78, 5) is 0. The van der Waals surface area contributed by atoms with Crippen molar-refractivity contribution >= 4 is 0 Å². The molecule has 1 atom stereocenters. The maximum Gasteiger partial charge on any atom is 0.0111 e. The summed E-state index contributed by atoms with van der Waals surface area (Å²) in [5.41, 5.74) is 3.14. The molecule has 0 aromatic heterocycles. The molecule has 1 saturated carbocycles. The molecule has 2 aliphatic carbocycles. The van der Waals surface area contributed by atoms with Gasteiger partial charge in [0.1, 0.15) is 0 Å². The van der Waals surface area contributed by atoms with Gasteiger partial charge < -0.3 is 5.32 Å². The highest BCUT2D eigenvalue weighted by molar-refractivity contribution is 5.30. The van der Waals surface area contributed by atoms with E-state index in [2.05, 4.69) is 29.6 Å². The van der Waals surface area contributed by atoms with Gasteiger partial charge in [-0.25, -0.2) is 0 Å². The second kappa shape index (κ2) is 5.22. The van der Waals surface area contributed by atoms with Crippen molar-refractivity contribution in [2.75, 3.05) is 6.54 Å². The Balaban J connectivity index is 1.43. The number of rotatable bonds is 5. The SMILES string of the molecule is c1ccc2c(c1)CCC(NCCCC1CC1)C2. The number of aryl methyl sites for hydroxylation is 1. The third-order valence-electron chi connectivity index (χ3n) is 4.27. The largest absolute Gasteiger partial charge is 0.314 e. The average molecular weight is 229 g/mol. The van der Waals surface area contributed by atoms with Crippen LogP contribution in [-0.4, -0.2) is 12.6 Å². The van der Waals surface area contributed by atoms with Crippen molar-refractivity contribution < 1.29 is 0 Å². The Kier molecular flexibility index (Phi) is 3.46. The van der Waals surface area contributed by atoms with Crippen LogP contribution in [0, 0.1) is 5.92 Å². The van der Waals surface area contributed by atoms with Gasteiger partial charge in [0.05, 0.1) is 0 Å². The Labute approximate surface area is 105 Å². The zero-order valence-corrected chi connectivity index (χ0v) is 10.6. The molecule has 1 heteroatoms. The van der Waals surface area contributed by atoms with Crippen LogP contribution >= 0.6 is 0 Å². The summed E-state index contributed by atoms with van der Waals surface area (Å²) in [7, 11) is 0. The molecule has 0 spiro atoms. The van der Waals surface area contributed by atoms with E-state index in [4.69, 9.17) is 0 Å². The maximum atomic E-state index is 3.75. The van der Waals surface area contributed by atoms with Crippen LogP contribution in [0.25, 0.3) is 0 Å². The Hall–Kier alpha value is -0.820. The molecule has 1 aromatic carbocycles. The van der Waals surface area contributed by atoms with Gasteiger partial charge in [0, 0.05) is 6.04 Å². The average Bonchev–Trinajstić information content (AvgIpc) is 3.18. The van der Waals surface area contributed by atoms with Crippen LogP contribution in [0.5, 0.6) is 0 Å². The summed E-state index contributed by atoms with van der Waals surface area (Å²) in [6.45, 7) is 1.23. The Bertz CT molecular complexity index is 368. The van der Waals surface area contributed by atoms with E-state index in [0.717, 1.165) is 12.0 Å². The highest BCUT2D eigenvalue weighted by Crippen LogP contribution is 2.33. The van der Waals surface area contributed by atoms with Crippen LogP contribution in [0.2, 0.25) is 0 Å². The molecule has 0 bridgehead atoms. The number of fused-ring (bicyclic) bond motifs is 1. The first-order valence-electron chi connectivity index (χ1n) is 7.22. The normalized spacial score (nSPS) is 23.4. The fourth-order valence-electron chi connectivity index (χ4n) is 2.98. The second-order valence-corrected chi connectivity index (χ2v) is 5.75. The van der Waals surface area contributed by atoms with Crippen LogP contribution in [0.1, 0.15) is 43.2 Å². The predicted octanol–water partition coefficient (Wildman–Crippen LogP) is 3.32. The number of hydrogen-bond acceptors (Lipinski definition) is 1. The lowest BCUT2D eigenvalue weighted by atomic mass is 9.88.